The fourth-order valence-electron chi connectivity index (χ4n) is 1.47. The van der Waals surface area contributed by atoms with Crippen LogP contribution in [0, 0.1) is 5.82 Å². The zero-order chi connectivity index (χ0) is 14.8. The minimum atomic E-state index is -4.05. The van der Waals surface area contributed by atoms with Crippen molar-refractivity contribution in [3.8, 4) is 11.5 Å². The van der Waals surface area contributed by atoms with Gasteiger partial charge in [-0.05, 0) is 18.2 Å². The molecule has 2 N–H and O–H groups in total. The van der Waals surface area contributed by atoms with Crippen LogP contribution in [0.4, 0.5) is 10.1 Å². The molecular formula is C12H11FN2O4S. The third-order valence-corrected chi connectivity index (χ3v) is 3.77. The lowest BCUT2D eigenvalue weighted by molar-refractivity contribution is 0.413. The number of nitrogens with one attached hydrogen (secondary N) is 1. The van der Waals surface area contributed by atoms with Crippen molar-refractivity contribution in [3.63, 3.8) is 0 Å². The molecule has 0 spiro atoms. The van der Waals surface area contributed by atoms with Gasteiger partial charge in [0.2, 0.25) is 0 Å². The highest BCUT2D eigenvalue weighted by Crippen LogP contribution is 2.29. The van der Waals surface area contributed by atoms with Crippen molar-refractivity contribution in [1.29, 1.82) is 0 Å². The Hall–Kier alpha value is -2.35. The molecular weight excluding hydrogens is 287 g/mol. The van der Waals surface area contributed by atoms with Crippen molar-refractivity contribution in [1.82, 2.24) is 4.98 Å². The number of benzene rings is 1. The lowest BCUT2D eigenvalue weighted by Crippen LogP contribution is -2.13. The van der Waals surface area contributed by atoms with Gasteiger partial charge in [0.05, 0.1) is 19.0 Å². The largest absolute Gasteiger partial charge is 0.506 e. The van der Waals surface area contributed by atoms with Crippen LogP contribution in [0.25, 0.3) is 0 Å². The Morgan fingerprint density at radius 3 is 2.70 bits per heavy atom. The van der Waals surface area contributed by atoms with Gasteiger partial charge in [-0.3, -0.25) is 9.71 Å². The molecule has 0 aliphatic carbocycles. The number of aromatic hydroxyl groups is 1. The molecule has 0 unspecified atom stereocenters. The van der Waals surface area contributed by atoms with Crippen LogP contribution >= 0.6 is 0 Å². The smallest absolute Gasteiger partial charge is 0.263 e. The summed E-state index contributed by atoms with van der Waals surface area (Å²) in [6.07, 6.45) is 1.89. The number of aromatic nitrogens is 1. The standard InChI is InChI=1S/C12H11FN2O4S/c1-19-9-2-3-12(16)11(5-9)15-20(17,18)10-4-8(13)6-14-7-10/h2-7,15-16H,1H3. The SMILES string of the molecule is COc1ccc(O)c(NS(=O)(=O)c2cncc(F)c2)c1. The summed E-state index contributed by atoms with van der Waals surface area (Å²) >= 11 is 0. The Bertz CT molecular complexity index is 734. The molecule has 2 aromatic rings. The van der Waals surface area contributed by atoms with Gasteiger partial charge in [0.15, 0.2) is 0 Å². The van der Waals surface area contributed by atoms with E-state index in [9.17, 15) is 17.9 Å². The van der Waals surface area contributed by atoms with Gasteiger partial charge in [0.1, 0.15) is 22.2 Å². The second kappa shape index (κ2) is 5.33. The molecule has 8 heteroatoms. The average molecular weight is 298 g/mol. The van der Waals surface area contributed by atoms with Crippen LogP contribution in [0.5, 0.6) is 11.5 Å². The highest BCUT2D eigenvalue weighted by Gasteiger charge is 2.17. The number of rotatable bonds is 4. The zero-order valence-corrected chi connectivity index (χ0v) is 11.2. The fourth-order valence-corrected chi connectivity index (χ4v) is 2.51. The van der Waals surface area contributed by atoms with Crippen LogP contribution in [0.1, 0.15) is 0 Å². The molecule has 1 heterocycles. The first-order chi connectivity index (χ1) is 9.42. The minimum absolute atomic E-state index is 0.0754. The summed E-state index contributed by atoms with van der Waals surface area (Å²) in [5.74, 6) is -0.695. The van der Waals surface area contributed by atoms with Gasteiger partial charge in [-0.2, -0.15) is 0 Å². The molecule has 0 radical (unpaired) electrons. The summed E-state index contributed by atoms with van der Waals surface area (Å²) in [5, 5.41) is 9.62. The minimum Gasteiger partial charge on any atom is -0.506 e. The number of phenolic OH excluding ortho intramolecular Hbond substituents is 1. The number of phenols is 1. The van der Waals surface area contributed by atoms with E-state index < -0.39 is 15.8 Å². The molecule has 20 heavy (non-hydrogen) atoms. The van der Waals surface area contributed by atoms with E-state index in [4.69, 9.17) is 4.74 Å². The normalized spacial score (nSPS) is 11.1. The topological polar surface area (TPSA) is 88.5 Å². The van der Waals surface area contributed by atoms with E-state index in [1.165, 1.54) is 25.3 Å². The fraction of sp³-hybridized carbons (Fsp3) is 0.0833. The van der Waals surface area contributed by atoms with Crippen molar-refractivity contribution in [3.05, 3.63) is 42.5 Å². The summed E-state index contributed by atoms with van der Waals surface area (Å²) in [6.45, 7) is 0. The lowest BCUT2D eigenvalue weighted by atomic mass is 10.3. The number of halogens is 1. The maximum Gasteiger partial charge on any atom is 0.263 e. The molecule has 0 aliphatic heterocycles. The number of hydrogen-bond donors (Lipinski definition) is 2. The van der Waals surface area contributed by atoms with E-state index in [-0.39, 0.29) is 16.3 Å². The van der Waals surface area contributed by atoms with E-state index in [0.717, 1.165) is 18.5 Å². The average Bonchev–Trinajstić information content (AvgIpc) is 2.41. The first kappa shape index (κ1) is 14.1. The van der Waals surface area contributed by atoms with Gasteiger partial charge in [0.25, 0.3) is 10.0 Å². The Kier molecular flexibility index (Phi) is 3.75. The summed E-state index contributed by atoms with van der Waals surface area (Å²) < 4.78 is 44.2. The first-order valence-electron chi connectivity index (χ1n) is 5.43. The second-order valence-corrected chi connectivity index (χ2v) is 5.51. The number of anilines is 1. The van der Waals surface area contributed by atoms with Crippen molar-refractivity contribution in [2.24, 2.45) is 0 Å². The molecule has 0 bridgehead atoms. The van der Waals surface area contributed by atoms with Crippen LogP contribution in [-0.4, -0.2) is 25.6 Å². The first-order valence-corrected chi connectivity index (χ1v) is 6.91. The molecule has 0 amide bonds. The van der Waals surface area contributed by atoms with E-state index in [1.54, 1.807) is 0 Å². The Labute approximate surface area is 114 Å². The molecule has 0 fully saturated rings. The van der Waals surface area contributed by atoms with Crippen LogP contribution in [0.2, 0.25) is 0 Å². The van der Waals surface area contributed by atoms with Gasteiger partial charge < -0.3 is 9.84 Å². The summed E-state index contributed by atoms with van der Waals surface area (Å²) in [6, 6.07) is 4.88. The number of methoxy groups -OCH3 is 1. The number of sulfonamides is 1. The highest BCUT2D eigenvalue weighted by molar-refractivity contribution is 7.92. The molecule has 2 rings (SSSR count). The Morgan fingerprint density at radius 1 is 1.30 bits per heavy atom. The van der Waals surface area contributed by atoms with Gasteiger partial charge in [-0.15, -0.1) is 0 Å². The number of ether oxygens (including phenoxy) is 1. The molecule has 6 nitrogen and oxygen atoms in total. The highest BCUT2D eigenvalue weighted by atomic mass is 32.2. The van der Waals surface area contributed by atoms with Crippen molar-refractivity contribution in [2.75, 3.05) is 11.8 Å². The van der Waals surface area contributed by atoms with E-state index in [2.05, 4.69) is 9.71 Å². The van der Waals surface area contributed by atoms with Crippen LogP contribution in [0.15, 0.2) is 41.6 Å². The van der Waals surface area contributed by atoms with Crippen LogP contribution < -0.4 is 9.46 Å². The quantitative estimate of drug-likeness (QED) is 0.839. The van der Waals surface area contributed by atoms with Gasteiger partial charge in [0, 0.05) is 12.3 Å². The van der Waals surface area contributed by atoms with E-state index in [1.807, 2.05) is 0 Å². The van der Waals surface area contributed by atoms with Crippen molar-refractivity contribution >= 4 is 15.7 Å². The van der Waals surface area contributed by atoms with Gasteiger partial charge >= 0.3 is 0 Å². The van der Waals surface area contributed by atoms with Crippen molar-refractivity contribution < 1.29 is 22.7 Å². The lowest BCUT2D eigenvalue weighted by Gasteiger charge is -2.10. The zero-order valence-electron chi connectivity index (χ0n) is 10.4. The Balaban J connectivity index is 2.38. The molecule has 0 saturated carbocycles. The molecule has 1 aromatic heterocycles. The third kappa shape index (κ3) is 2.97. The summed E-state index contributed by atoms with van der Waals surface area (Å²) in [7, 11) is -2.65. The maximum absolute atomic E-state index is 13.0. The Morgan fingerprint density at radius 2 is 2.05 bits per heavy atom. The molecule has 0 aliphatic rings. The van der Waals surface area contributed by atoms with Gasteiger partial charge in [-0.1, -0.05) is 0 Å². The maximum atomic E-state index is 13.0. The summed E-state index contributed by atoms with van der Waals surface area (Å²) in [5.41, 5.74) is -0.0754. The number of hydrogen-bond acceptors (Lipinski definition) is 5. The predicted molar refractivity (Wildman–Crippen MR) is 69.7 cm³/mol. The molecule has 0 saturated heterocycles. The number of pyridine rings is 1. The third-order valence-electron chi connectivity index (χ3n) is 2.44. The molecule has 0 atom stereocenters. The van der Waals surface area contributed by atoms with E-state index in [0.29, 0.717) is 5.75 Å². The van der Waals surface area contributed by atoms with Crippen LogP contribution in [-0.2, 0) is 10.0 Å². The van der Waals surface area contributed by atoms with Gasteiger partial charge in [-0.25, -0.2) is 12.8 Å². The van der Waals surface area contributed by atoms with E-state index >= 15 is 0 Å². The monoisotopic (exact) mass is 298 g/mol. The van der Waals surface area contributed by atoms with Crippen LogP contribution in [0.3, 0.4) is 0 Å². The summed E-state index contributed by atoms with van der Waals surface area (Å²) in [4.78, 5) is 3.12. The number of nitrogens with zero attached hydrogens (tertiary/aromatic N) is 1. The predicted octanol–water partition coefficient (Wildman–Crippen LogP) is 1.74. The molecule has 106 valence electrons. The molecule has 1 aromatic carbocycles. The van der Waals surface area contributed by atoms with Crippen molar-refractivity contribution in [2.45, 2.75) is 4.90 Å². The second-order valence-electron chi connectivity index (χ2n) is 3.83.